The van der Waals surface area contributed by atoms with Crippen molar-refractivity contribution in [3.05, 3.63) is 65.2 Å². The summed E-state index contributed by atoms with van der Waals surface area (Å²) in [5.41, 5.74) is 2.79. The second kappa shape index (κ2) is 7.03. The molecule has 2 N–H and O–H groups in total. The Balaban J connectivity index is 1.38. The van der Waals surface area contributed by atoms with E-state index in [1.807, 2.05) is 48.5 Å². The number of rotatable bonds is 3. The quantitative estimate of drug-likeness (QED) is 0.888. The molecule has 2 atom stereocenters. The molecule has 1 saturated heterocycles. The summed E-state index contributed by atoms with van der Waals surface area (Å²) in [6, 6.07) is 15.9. The summed E-state index contributed by atoms with van der Waals surface area (Å²) < 4.78 is 6.33. The van der Waals surface area contributed by atoms with E-state index in [2.05, 4.69) is 11.8 Å². The molecule has 0 radical (unpaired) electrons. The highest BCUT2D eigenvalue weighted by atomic mass is 16.5. The van der Waals surface area contributed by atoms with Gasteiger partial charge >= 0.3 is 0 Å². The van der Waals surface area contributed by atoms with Crippen LogP contribution in [0.25, 0.3) is 0 Å². The summed E-state index contributed by atoms with van der Waals surface area (Å²) in [6.07, 6.45) is 1.48. The van der Waals surface area contributed by atoms with Gasteiger partial charge in [-0.15, -0.1) is 0 Å². The third-order valence-corrected chi connectivity index (χ3v) is 5.83. The third kappa shape index (κ3) is 3.50. The number of aryl methyl sites for hydroxylation is 1. The van der Waals surface area contributed by atoms with Gasteiger partial charge < -0.3 is 19.8 Å². The zero-order valence-electron chi connectivity index (χ0n) is 15.3. The normalized spacial score (nSPS) is 23.3. The van der Waals surface area contributed by atoms with Gasteiger partial charge in [0.15, 0.2) is 0 Å². The minimum Gasteiger partial charge on any atom is -0.487 e. The molecule has 2 aromatic carbocycles. The fraction of sp³-hybridized carbons (Fsp3) is 0.455. The minimum absolute atomic E-state index is 0.279. The summed E-state index contributed by atoms with van der Waals surface area (Å²) in [5, 5.41) is 21.1. The lowest BCUT2D eigenvalue weighted by Crippen LogP contribution is -2.51. The molecular formula is C22H27NO3. The molecule has 0 aliphatic carbocycles. The van der Waals surface area contributed by atoms with Crippen molar-refractivity contribution in [2.24, 2.45) is 0 Å². The summed E-state index contributed by atoms with van der Waals surface area (Å²) in [5.74, 6) is 0.819. The first-order valence-corrected chi connectivity index (χ1v) is 9.48. The topological polar surface area (TPSA) is 52.9 Å². The Kier molecular flexibility index (Phi) is 4.74. The number of aliphatic hydroxyl groups is 2. The van der Waals surface area contributed by atoms with Crippen LogP contribution in [-0.2, 0) is 0 Å². The van der Waals surface area contributed by atoms with E-state index in [9.17, 15) is 10.2 Å². The number of fused-ring (bicyclic) bond motifs is 1. The molecule has 2 aliphatic heterocycles. The lowest BCUT2D eigenvalue weighted by Gasteiger charge is -2.46. The number of likely N-dealkylation sites (tertiary alicyclic amines) is 1. The molecule has 0 bridgehead atoms. The van der Waals surface area contributed by atoms with Crippen LogP contribution in [0.3, 0.4) is 0 Å². The van der Waals surface area contributed by atoms with Gasteiger partial charge in [-0.2, -0.15) is 0 Å². The average molecular weight is 353 g/mol. The SMILES string of the molecule is Cc1ccc([C@@H](O)CN2CCC3(CC2)C[C@H](O)c2ccccc2O3)cc1. The van der Waals surface area contributed by atoms with Crippen LogP contribution in [0.5, 0.6) is 5.75 Å². The molecule has 4 heteroatoms. The van der Waals surface area contributed by atoms with Crippen LogP contribution in [-0.4, -0.2) is 40.3 Å². The Hall–Kier alpha value is -1.88. The van der Waals surface area contributed by atoms with E-state index in [0.29, 0.717) is 13.0 Å². The number of nitrogens with zero attached hydrogens (tertiary/aromatic N) is 1. The number of ether oxygens (including phenoxy) is 1. The van der Waals surface area contributed by atoms with Crippen molar-refractivity contribution in [3.8, 4) is 5.75 Å². The predicted octanol–water partition coefficient (Wildman–Crippen LogP) is 3.38. The number of β-amino-alcohol motifs (C(OH)–C–C–N with tert-alkyl or cyclic N) is 1. The summed E-state index contributed by atoms with van der Waals surface area (Å²) >= 11 is 0. The lowest BCUT2D eigenvalue weighted by atomic mass is 9.81. The van der Waals surface area contributed by atoms with E-state index in [4.69, 9.17) is 4.74 Å². The average Bonchev–Trinajstić information content (AvgIpc) is 2.64. The Morgan fingerprint density at radius 1 is 1.12 bits per heavy atom. The Morgan fingerprint density at radius 2 is 1.81 bits per heavy atom. The van der Waals surface area contributed by atoms with Gasteiger partial charge in [-0.3, -0.25) is 0 Å². The Morgan fingerprint density at radius 3 is 2.54 bits per heavy atom. The van der Waals surface area contributed by atoms with E-state index in [1.54, 1.807) is 0 Å². The fourth-order valence-electron chi connectivity index (χ4n) is 4.17. The predicted molar refractivity (Wildman–Crippen MR) is 101 cm³/mol. The first-order chi connectivity index (χ1) is 12.5. The smallest absolute Gasteiger partial charge is 0.125 e. The molecule has 0 unspecified atom stereocenters. The molecule has 1 fully saturated rings. The van der Waals surface area contributed by atoms with Crippen molar-refractivity contribution in [1.82, 2.24) is 4.90 Å². The van der Waals surface area contributed by atoms with Crippen molar-refractivity contribution >= 4 is 0 Å². The highest BCUT2D eigenvalue weighted by molar-refractivity contribution is 5.38. The molecule has 2 heterocycles. The first-order valence-electron chi connectivity index (χ1n) is 9.48. The highest BCUT2D eigenvalue weighted by Crippen LogP contribution is 2.44. The van der Waals surface area contributed by atoms with Crippen molar-refractivity contribution in [2.75, 3.05) is 19.6 Å². The Bertz CT molecular complexity index is 750. The second-order valence-electron chi connectivity index (χ2n) is 7.77. The van der Waals surface area contributed by atoms with Crippen molar-refractivity contribution < 1.29 is 14.9 Å². The summed E-state index contributed by atoms with van der Waals surface area (Å²) in [7, 11) is 0. The van der Waals surface area contributed by atoms with Crippen LogP contribution in [0.4, 0.5) is 0 Å². The standard InChI is InChI=1S/C22H27NO3/c1-16-6-8-17(9-7-16)20(25)15-23-12-10-22(11-13-23)14-19(24)18-4-2-3-5-21(18)26-22/h2-9,19-20,24-25H,10-15H2,1H3/t19-,20-/m0/s1. The van der Waals surface area contributed by atoms with Gasteiger partial charge in [0.05, 0.1) is 12.2 Å². The number of hydrogen-bond donors (Lipinski definition) is 2. The molecule has 2 aliphatic rings. The fourth-order valence-corrected chi connectivity index (χ4v) is 4.17. The third-order valence-electron chi connectivity index (χ3n) is 5.83. The van der Waals surface area contributed by atoms with Crippen molar-refractivity contribution in [2.45, 2.75) is 44.0 Å². The van der Waals surface area contributed by atoms with E-state index in [0.717, 1.165) is 42.8 Å². The maximum Gasteiger partial charge on any atom is 0.125 e. The molecule has 2 aromatic rings. The van der Waals surface area contributed by atoms with Crippen LogP contribution in [0.2, 0.25) is 0 Å². The van der Waals surface area contributed by atoms with E-state index >= 15 is 0 Å². The molecule has 0 aromatic heterocycles. The highest BCUT2D eigenvalue weighted by Gasteiger charge is 2.42. The van der Waals surface area contributed by atoms with Gasteiger partial charge in [0.25, 0.3) is 0 Å². The number of hydrogen-bond acceptors (Lipinski definition) is 4. The van der Waals surface area contributed by atoms with Crippen LogP contribution >= 0.6 is 0 Å². The Labute approximate surface area is 155 Å². The van der Waals surface area contributed by atoms with E-state index in [1.165, 1.54) is 5.56 Å². The number of piperidine rings is 1. The molecule has 4 rings (SSSR count). The van der Waals surface area contributed by atoms with Crippen LogP contribution in [0.1, 0.15) is 48.2 Å². The summed E-state index contributed by atoms with van der Waals surface area (Å²) in [4.78, 5) is 2.30. The minimum atomic E-state index is -0.469. The summed E-state index contributed by atoms with van der Waals surface area (Å²) in [6.45, 7) is 4.44. The lowest BCUT2D eigenvalue weighted by molar-refractivity contribution is -0.0587. The van der Waals surface area contributed by atoms with Crippen LogP contribution in [0, 0.1) is 6.92 Å². The zero-order chi connectivity index (χ0) is 18.1. The molecule has 0 amide bonds. The number of aliphatic hydroxyl groups excluding tert-OH is 2. The number of para-hydroxylation sites is 1. The second-order valence-corrected chi connectivity index (χ2v) is 7.77. The molecule has 26 heavy (non-hydrogen) atoms. The molecule has 4 nitrogen and oxygen atoms in total. The van der Waals surface area contributed by atoms with Gasteiger partial charge in [0, 0.05) is 31.6 Å². The largest absolute Gasteiger partial charge is 0.487 e. The maximum atomic E-state index is 10.5. The number of benzene rings is 2. The molecular weight excluding hydrogens is 326 g/mol. The van der Waals surface area contributed by atoms with Gasteiger partial charge in [-0.25, -0.2) is 0 Å². The van der Waals surface area contributed by atoms with Crippen molar-refractivity contribution in [1.29, 1.82) is 0 Å². The van der Waals surface area contributed by atoms with Gasteiger partial charge in [-0.05, 0) is 31.4 Å². The molecule has 138 valence electrons. The molecule has 0 saturated carbocycles. The van der Waals surface area contributed by atoms with Gasteiger partial charge in [0.1, 0.15) is 11.4 Å². The van der Waals surface area contributed by atoms with E-state index < -0.39 is 12.2 Å². The van der Waals surface area contributed by atoms with Crippen molar-refractivity contribution in [3.63, 3.8) is 0 Å². The van der Waals surface area contributed by atoms with Crippen LogP contribution < -0.4 is 4.74 Å². The van der Waals surface area contributed by atoms with Gasteiger partial charge in [0.2, 0.25) is 0 Å². The maximum absolute atomic E-state index is 10.5. The monoisotopic (exact) mass is 353 g/mol. The van der Waals surface area contributed by atoms with E-state index in [-0.39, 0.29) is 5.60 Å². The van der Waals surface area contributed by atoms with Gasteiger partial charge in [-0.1, -0.05) is 48.0 Å². The molecule has 1 spiro atoms. The van der Waals surface area contributed by atoms with Crippen LogP contribution in [0.15, 0.2) is 48.5 Å². The first kappa shape index (κ1) is 17.5. The zero-order valence-corrected chi connectivity index (χ0v) is 15.3.